The number of allylic oxidation sites excluding steroid dienone is 3. The standard InChI is InChI=1S/C45H32N2O/c1-3-11-31(12-4-1)32-19-24-37(25-20-32)47(42-18-10-9-16-39(42)34-13-5-2-6-14-34)38-26-21-33(22-27-38)36-29-41-44-40-17-8-7-15-35(40)23-28-43(44)48-45(41)46-30-36/h1-19,21-30,32H,20H2. The van der Waals surface area contributed by atoms with Gasteiger partial charge in [-0.1, -0.05) is 133 Å². The van der Waals surface area contributed by atoms with Crippen LogP contribution >= 0.6 is 0 Å². The van der Waals surface area contributed by atoms with Crippen molar-refractivity contribution in [3.63, 3.8) is 0 Å². The molecule has 1 atom stereocenters. The molecule has 9 rings (SSSR count). The van der Waals surface area contributed by atoms with E-state index in [-0.39, 0.29) is 0 Å². The molecule has 3 heteroatoms. The Kier molecular flexibility index (Phi) is 6.94. The van der Waals surface area contributed by atoms with E-state index in [1.54, 1.807) is 0 Å². The molecular formula is C45H32N2O. The molecule has 48 heavy (non-hydrogen) atoms. The maximum Gasteiger partial charge on any atom is 0.227 e. The fourth-order valence-corrected chi connectivity index (χ4v) is 7.07. The van der Waals surface area contributed by atoms with Crippen molar-refractivity contribution in [2.24, 2.45) is 0 Å². The minimum atomic E-state index is 0.363. The van der Waals surface area contributed by atoms with E-state index in [1.807, 2.05) is 12.3 Å². The van der Waals surface area contributed by atoms with E-state index in [0.29, 0.717) is 11.6 Å². The Bertz CT molecular complexity index is 2470. The fourth-order valence-electron chi connectivity index (χ4n) is 7.07. The highest BCUT2D eigenvalue weighted by Crippen LogP contribution is 2.41. The Balaban J connectivity index is 1.13. The first kappa shape index (κ1) is 28.1. The first-order valence-corrected chi connectivity index (χ1v) is 16.5. The average molecular weight is 617 g/mol. The number of fused-ring (bicyclic) bond motifs is 5. The second-order valence-electron chi connectivity index (χ2n) is 12.3. The Morgan fingerprint density at radius 1 is 0.625 bits per heavy atom. The van der Waals surface area contributed by atoms with Crippen LogP contribution in [0.5, 0.6) is 0 Å². The smallest absolute Gasteiger partial charge is 0.227 e. The predicted octanol–water partition coefficient (Wildman–Crippen LogP) is 12.2. The third-order valence-electron chi connectivity index (χ3n) is 9.47. The van der Waals surface area contributed by atoms with E-state index in [0.717, 1.165) is 51.0 Å². The molecule has 0 bridgehead atoms. The zero-order chi connectivity index (χ0) is 31.9. The molecule has 0 N–H and O–H groups in total. The number of benzene rings is 6. The molecule has 3 nitrogen and oxygen atoms in total. The number of para-hydroxylation sites is 1. The van der Waals surface area contributed by atoms with Crippen molar-refractivity contribution in [3.8, 4) is 22.3 Å². The summed E-state index contributed by atoms with van der Waals surface area (Å²) in [5.74, 6) is 0.363. The molecule has 1 unspecified atom stereocenters. The maximum absolute atomic E-state index is 6.17. The van der Waals surface area contributed by atoms with Gasteiger partial charge < -0.3 is 9.32 Å². The lowest BCUT2D eigenvalue weighted by molar-refractivity contribution is 0.654. The maximum atomic E-state index is 6.17. The molecule has 0 saturated heterocycles. The molecule has 228 valence electrons. The van der Waals surface area contributed by atoms with Crippen molar-refractivity contribution in [2.45, 2.75) is 12.3 Å². The summed E-state index contributed by atoms with van der Waals surface area (Å²) in [6.07, 6.45) is 9.86. The normalized spacial score (nSPS) is 14.4. The third-order valence-corrected chi connectivity index (χ3v) is 9.47. The van der Waals surface area contributed by atoms with Crippen LogP contribution in [0.1, 0.15) is 17.9 Å². The Morgan fingerprint density at radius 2 is 1.38 bits per heavy atom. The fraction of sp³-hybridized carbons (Fsp3) is 0.0444. The number of pyridine rings is 1. The van der Waals surface area contributed by atoms with Gasteiger partial charge in [-0.25, -0.2) is 4.98 Å². The number of aromatic nitrogens is 1. The highest BCUT2D eigenvalue weighted by atomic mass is 16.3. The number of hydrogen-bond acceptors (Lipinski definition) is 3. The average Bonchev–Trinajstić information content (AvgIpc) is 3.55. The van der Waals surface area contributed by atoms with Crippen LogP contribution in [-0.2, 0) is 0 Å². The molecule has 0 fully saturated rings. The van der Waals surface area contributed by atoms with Crippen LogP contribution in [0.2, 0.25) is 0 Å². The summed E-state index contributed by atoms with van der Waals surface area (Å²) >= 11 is 0. The van der Waals surface area contributed by atoms with Gasteiger partial charge in [0.1, 0.15) is 5.58 Å². The van der Waals surface area contributed by atoms with E-state index < -0.39 is 0 Å². The van der Waals surface area contributed by atoms with Crippen molar-refractivity contribution < 1.29 is 4.42 Å². The van der Waals surface area contributed by atoms with Crippen LogP contribution in [0.4, 0.5) is 11.4 Å². The van der Waals surface area contributed by atoms with Gasteiger partial charge in [0.2, 0.25) is 5.71 Å². The lowest BCUT2D eigenvalue weighted by Crippen LogP contribution is -2.18. The molecule has 2 aromatic heterocycles. The van der Waals surface area contributed by atoms with Gasteiger partial charge in [0.05, 0.1) is 5.69 Å². The molecule has 8 aromatic rings. The minimum Gasteiger partial charge on any atom is -0.438 e. The van der Waals surface area contributed by atoms with Crippen molar-refractivity contribution in [1.29, 1.82) is 0 Å². The van der Waals surface area contributed by atoms with E-state index in [4.69, 9.17) is 9.40 Å². The predicted molar refractivity (Wildman–Crippen MR) is 199 cm³/mol. The number of rotatable bonds is 6. The van der Waals surface area contributed by atoms with Gasteiger partial charge in [-0.15, -0.1) is 0 Å². The monoisotopic (exact) mass is 616 g/mol. The third kappa shape index (κ3) is 4.97. The second kappa shape index (κ2) is 11.9. The van der Waals surface area contributed by atoms with Crippen molar-refractivity contribution >= 4 is 44.2 Å². The Hall–Kier alpha value is -6.19. The van der Waals surface area contributed by atoms with E-state index in [9.17, 15) is 0 Å². The van der Waals surface area contributed by atoms with Gasteiger partial charge in [-0.2, -0.15) is 0 Å². The molecule has 0 spiro atoms. The van der Waals surface area contributed by atoms with Crippen LogP contribution in [-0.4, -0.2) is 4.98 Å². The van der Waals surface area contributed by atoms with Crippen LogP contribution in [0.3, 0.4) is 0 Å². The van der Waals surface area contributed by atoms with Crippen molar-refractivity contribution in [3.05, 3.63) is 187 Å². The Labute approximate surface area is 279 Å². The second-order valence-corrected chi connectivity index (χ2v) is 12.3. The van der Waals surface area contributed by atoms with Crippen molar-refractivity contribution in [2.75, 3.05) is 4.90 Å². The highest BCUT2D eigenvalue weighted by molar-refractivity contribution is 6.18. The van der Waals surface area contributed by atoms with Gasteiger partial charge in [0, 0.05) is 45.4 Å². The summed E-state index contributed by atoms with van der Waals surface area (Å²) in [5, 5.41) is 4.52. The van der Waals surface area contributed by atoms with Gasteiger partial charge in [0.15, 0.2) is 0 Å². The first-order chi connectivity index (χ1) is 23.8. The SMILES string of the molecule is C1=CC(c2ccccc2)CC=C1N(c1ccc(-c2cnc3oc4ccc5ccccc5c4c3c2)cc1)c1ccccc1-c1ccccc1. The Morgan fingerprint density at radius 3 is 2.19 bits per heavy atom. The summed E-state index contributed by atoms with van der Waals surface area (Å²) in [7, 11) is 0. The molecule has 0 amide bonds. The molecular weight excluding hydrogens is 585 g/mol. The zero-order valence-electron chi connectivity index (χ0n) is 26.3. The summed E-state index contributed by atoms with van der Waals surface area (Å²) < 4.78 is 6.17. The molecule has 6 aromatic carbocycles. The van der Waals surface area contributed by atoms with Gasteiger partial charge in [0.25, 0.3) is 0 Å². The lowest BCUT2D eigenvalue weighted by atomic mass is 9.91. The van der Waals surface area contributed by atoms with E-state index >= 15 is 0 Å². The van der Waals surface area contributed by atoms with Crippen LogP contribution in [0, 0.1) is 0 Å². The lowest BCUT2D eigenvalue weighted by Gasteiger charge is -2.31. The van der Waals surface area contributed by atoms with Gasteiger partial charge in [-0.05, 0) is 70.3 Å². The zero-order valence-corrected chi connectivity index (χ0v) is 26.3. The quantitative estimate of drug-likeness (QED) is 0.186. The molecule has 2 heterocycles. The molecule has 0 saturated carbocycles. The van der Waals surface area contributed by atoms with E-state index in [2.05, 4.69) is 169 Å². The molecule has 1 aliphatic carbocycles. The summed E-state index contributed by atoms with van der Waals surface area (Å²) in [6.45, 7) is 0. The molecule has 0 radical (unpaired) electrons. The van der Waals surface area contributed by atoms with E-state index in [1.165, 1.54) is 27.5 Å². The molecule has 0 aliphatic heterocycles. The van der Waals surface area contributed by atoms with Crippen LogP contribution < -0.4 is 4.90 Å². The summed E-state index contributed by atoms with van der Waals surface area (Å²) in [5.41, 5.74) is 10.8. The summed E-state index contributed by atoms with van der Waals surface area (Å²) in [4.78, 5) is 7.15. The number of nitrogens with zero attached hydrogens (tertiary/aromatic N) is 2. The summed E-state index contributed by atoms with van der Waals surface area (Å²) in [6, 6.07) is 53.8. The largest absolute Gasteiger partial charge is 0.438 e. The number of anilines is 2. The highest BCUT2D eigenvalue weighted by Gasteiger charge is 2.21. The van der Waals surface area contributed by atoms with Crippen molar-refractivity contribution in [1.82, 2.24) is 4.98 Å². The first-order valence-electron chi connectivity index (χ1n) is 16.5. The van der Waals surface area contributed by atoms with Gasteiger partial charge >= 0.3 is 0 Å². The van der Waals surface area contributed by atoms with Gasteiger partial charge in [-0.3, -0.25) is 0 Å². The topological polar surface area (TPSA) is 29.3 Å². The molecule has 1 aliphatic rings. The number of hydrogen-bond donors (Lipinski definition) is 0. The van der Waals surface area contributed by atoms with Crippen LogP contribution in [0.25, 0.3) is 55.1 Å². The number of furan rings is 1. The minimum absolute atomic E-state index is 0.363. The van der Waals surface area contributed by atoms with Crippen LogP contribution in [0.15, 0.2) is 186 Å².